The number of benzene rings is 2. The molecule has 0 radical (unpaired) electrons. The standard InChI is InChI=1S/2C9H7.C2H4.Zr/c2*1-2-5-9-7-3-6-8(9)4-1;1-2;/h2*1-7H;1H,2H3;/q2*-1;;. The molecule has 104 valence electrons. The average molecular weight is 350 g/mol. The van der Waals surface area contributed by atoms with E-state index in [9.17, 15) is 0 Å². The molecule has 0 aliphatic carbocycles. The maximum absolute atomic E-state index is 2.12. The summed E-state index contributed by atoms with van der Waals surface area (Å²) >= 11 is 1.51. The van der Waals surface area contributed by atoms with Gasteiger partial charge in [-0.15, -0.1) is 59.3 Å². The van der Waals surface area contributed by atoms with Gasteiger partial charge in [-0.1, -0.05) is 12.1 Å². The minimum absolute atomic E-state index is 1.33. The van der Waals surface area contributed by atoms with Crippen LogP contribution in [-0.4, -0.2) is 3.71 Å². The predicted octanol–water partition coefficient (Wildman–Crippen LogP) is 5.47. The van der Waals surface area contributed by atoms with Gasteiger partial charge in [0, 0.05) is 0 Å². The van der Waals surface area contributed by atoms with Crippen LogP contribution in [0.5, 0.6) is 0 Å². The van der Waals surface area contributed by atoms with Crippen molar-refractivity contribution in [1.82, 2.24) is 0 Å². The first kappa shape index (κ1) is 15.8. The van der Waals surface area contributed by atoms with Gasteiger partial charge in [-0.05, 0) is 0 Å². The molecule has 0 saturated heterocycles. The Balaban J connectivity index is 0.000000130. The van der Waals surface area contributed by atoms with E-state index in [0.717, 1.165) is 0 Å². The summed E-state index contributed by atoms with van der Waals surface area (Å²) < 4.78 is 2.09. The van der Waals surface area contributed by atoms with Crippen LogP contribution < -0.4 is 0 Å². The van der Waals surface area contributed by atoms with Crippen LogP contribution in [0.1, 0.15) is 6.92 Å². The molecular formula is C20H18Zr-2. The second kappa shape index (κ2) is 8.64. The summed E-state index contributed by atoms with van der Waals surface area (Å²) in [5, 5.41) is 5.32. The van der Waals surface area contributed by atoms with Crippen molar-refractivity contribution in [2.75, 3.05) is 0 Å². The van der Waals surface area contributed by atoms with Crippen molar-refractivity contribution in [2.45, 2.75) is 6.92 Å². The number of fused-ring (bicyclic) bond motifs is 2. The molecule has 4 aromatic rings. The molecule has 0 saturated carbocycles. The maximum atomic E-state index is 2.12. The summed E-state index contributed by atoms with van der Waals surface area (Å²) in [6, 6.07) is 29.3. The molecule has 0 aromatic heterocycles. The molecular weight excluding hydrogens is 331 g/mol. The molecule has 0 aliphatic heterocycles. The Kier molecular flexibility index (Phi) is 6.50. The quantitative estimate of drug-likeness (QED) is 0.369. The SMILES string of the molecule is C[CH]=[Zr].c1ccc2[cH-]ccc2c1.c1ccc2[cH-]ccc2c1. The molecule has 0 bridgehead atoms. The molecule has 0 nitrogen and oxygen atoms in total. The Morgan fingerprint density at radius 2 is 1.10 bits per heavy atom. The third-order valence-electron chi connectivity index (χ3n) is 3.10. The third-order valence-corrected chi connectivity index (χ3v) is 3.10. The summed E-state index contributed by atoms with van der Waals surface area (Å²) in [5.74, 6) is 0. The Morgan fingerprint density at radius 3 is 1.48 bits per heavy atom. The van der Waals surface area contributed by atoms with Gasteiger partial charge in [0.2, 0.25) is 0 Å². The minimum Gasteiger partial charge on any atom is -0.168 e. The second-order valence-corrected chi connectivity index (χ2v) is 6.02. The van der Waals surface area contributed by atoms with Crippen molar-refractivity contribution in [3.8, 4) is 0 Å². The molecule has 0 spiro atoms. The fourth-order valence-corrected chi connectivity index (χ4v) is 2.14. The van der Waals surface area contributed by atoms with Gasteiger partial charge < -0.3 is 0 Å². The first-order valence-electron chi connectivity index (χ1n) is 7.01. The zero-order valence-corrected chi connectivity index (χ0v) is 14.6. The zero-order chi connectivity index (χ0) is 14.9. The Bertz CT molecular complexity index is 663. The molecule has 0 atom stereocenters. The average Bonchev–Trinajstić information content (AvgIpc) is 3.17. The number of rotatable bonds is 0. The van der Waals surface area contributed by atoms with Crippen molar-refractivity contribution in [1.29, 1.82) is 0 Å². The van der Waals surface area contributed by atoms with Gasteiger partial charge in [-0.2, -0.15) is 35.0 Å². The summed E-state index contributed by atoms with van der Waals surface area (Å²) in [6.07, 6.45) is 0. The molecule has 0 fully saturated rings. The van der Waals surface area contributed by atoms with Crippen LogP contribution in [-0.2, 0) is 24.2 Å². The zero-order valence-electron chi connectivity index (χ0n) is 12.2. The van der Waals surface area contributed by atoms with Gasteiger partial charge in [0.1, 0.15) is 0 Å². The van der Waals surface area contributed by atoms with Gasteiger partial charge in [-0.25, -0.2) is 0 Å². The van der Waals surface area contributed by atoms with Crippen LogP contribution >= 0.6 is 0 Å². The smallest absolute Gasteiger partial charge is 0.0809 e. The number of hydrogen-bond acceptors (Lipinski definition) is 0. The molecule has 4 aromatic carbocycles. The van der Waals surface area contributed by atoms with E-state index >= 15 is 0 Å². The molecule has 0 amide bonds. The van der Waals surface area contributed by atoms with E-state index in [4.69, 9.17) is 0 Å². The molecule has 21 heavy (non-hydrogen) atoms. The largest absolute Gasteiger partial charge is 0.168 e. The number of hydrogen-bond donors (Lipinski definition) is 0. The Morgan fingerprint density at radius 1 is 0.714 bits per heavy atom. The summed E-state index contributed by atoms with van der Waals surface area (Å²) in [6.45, 7) is 2.04. The van der Waals surface area contributed by atoms with E-state index in [2.05, 4.69) is 88.6 Å². The maximum Gasteiger partial charge on any atom is -0.0809 e. The molecule has 4 rings (SSSR count). The van der Waals surface area contributed by atoms with E-state index in [1.807, 2.05) is 6.92 Å². The van der Waals surface area contributed by atoms with Gasteiger partial charge in [0.15, 0.2) is 0 Å². The van der Waals surface area contributed by atoms with E-state index in [0.29, 0.717) is 0 Å². The van der Waals surface area contributed by atoms with Gasteiger partial charge >= 0.3 is 34.9 Å². The first-order valence-corrected chi connectivity index (χ1v) is 8.43. The predicted molar refractivity (Wildman–Crippen MR) is 90.8 cm³/mol. The summed E-state index contributed by atoms with van der Waals surface area (Å²) in [5.41, 5.74) is 0. The van der Waals surface area contributed by atoms with Crippen molar-refractivity contribution in [3.05, 3.63) is 84.9 Å². The topological polar surface area (TPSA) is 0 Å². The monoisotopic (exact) mass is 348 g/mol. The van der Waals surface area contributed by atoms with Crippen LogP contribution in [0.4, 0.5) is 0 Å². The molecule has 1 heteroatoms. The van der Waals surface area contributed by atoms with Gasteiger partial charge in [-0.3, -0.25) is 0 Å². The van der Waals surface area contributed by atoms with Crippen LogP contribution in [0.3, 0.4) is 0 Å². The van der Waals surface area contributed by atoms with Crippen molar-refractivity contribution in [3.63, 3.8) is 0 Å². The van der Waals surface area contributed by atoms with Crippen LogP contribution in [0.15, 0.2) is 84.9 Å². The van der Waals surface area contributed by atoms with E-state index in [1.54, 1.807) is 0 Å². The summed E-state index contributed by atoms with van der Waals surface area (Å²) in [7, 11) is 0. The molecule has 0 heterocycles. The van der Waals surface area contributed by atoms with Crippen molar-refractivity contribution in [2.24, 2.45) is 0 Å². The van der Waals surface area contributed by atoms with Crippen molar-refractivity contribution >= 4 is 25.3 Å². The van der Waals surface area contributed by atoms with Crippen LogP contribution in [0, 0.1) is 0 Å². The molecule has 0 N–H and O–H groups in total. The van der Waals surface area contributed by atoms with E-state index < -0.39 is 0 Å². The summed E-state index contributed by atoms with van der Waals surface area (Å²) in [4.78, 5) is 0. The molecule has 0 aliphatic rings. The second-order valence-electron chi connectivity index (χ2n) is 4.60. The third kappa shape index (κ3) is 4.72. The fourth-order valence-electron chi connectivity index (χ4n) is 2.14. The van der Waals surface area contributed by atoms with Gasteiger partial charge in [0.05, 0.1) is 0 Å². The van der Waals surface area contributed by atoms with Gasteiger partial charge in [0.25, 0.3) is 0 Å². The first-order chi connectivity index (χ1) is 10.3. The Hall–Kier alpha value is -1.59. The van der Waals surface area contributed by atoms with E-state index in [-0.39, 0.29) is 0 Å². The minimum atomic E-state index is 1.33. The van der Waals surface area contributed by atoms with Crippen molar-refractivity contribution < 1.29 is 24.2 Å². The van der Waals surface area contributed by atoms with Crippen LogP contribution in [0.25, 0.3) is 21.5 Å². The Labute approximate surface area is 141 Å². The normalized spacial score (nSPS) is 9.33. The molecule has 0 unspecified atom stereocenters. The van der Waals surface area contributed by atoms with Crippen LogP contribution in [0.2, 0.25) is 0 Å². The fraction of sp³-hybridized carbons (Fsp3) is 0.0500. The van der Waals surface area contributed by atoms with E-state index in [1.165, 1.54) is 45.8 Å².